The molecule has 0 aliphatic heterocycles. The van der Waals surface area contributed by atoms with Crippen LogP contribution in [0.3, 0.4) is 0 Å². The zero-order valence-corrected chi connectivity index (χ0v) is 5.70. The van der Waals surface area contributed by atoms with Gasteiger partial charge in [-0.15, -0.1) is 0 Å². The van der Waals surface area contributed by atoms with Crippen LogP contribution in [0.15, 0.2) is 4.52 Å². The van der Waals surface area contributed by atoms with Gasteiger partial charge < -0.3 is 4.52 Å². The second-order valence-corrected chi connectivity index (χ2v) is 2.47. The molecular weight excluding hydrogens is 146 g/mol. The fraction of sp³-hybridized carbons (Fsp3) is 0.500. The molecule has 0 spiro atoms. The van der Waals surface area contributed by atoms with Crippen molar-refractivity contribution in [1.29, 1.82) is 0 Å². The minimum atomic E-state index is -0.0280. The number of nitrogens with one attached hydrogen (secondary N) is 1. The first-order valence-electron chi connectivity index (χ1n) is 3.37. The number of aromatic nitrogens is 2. The molecule has 0 saturated heterocycles. The molecule has 1 N–H and O–H groups in total. The third-order valence-electron chi connectivity index (χ3n) is 1.51. The molecule has 1 aliphatic carbocycles. The number of carbonyl (C=O) groups excluding carboxylic acids is 1. The number of hydrogen-bond donors (Lipinski definition) is 1. The van der Waals surface area contributed by atoms with Gasteiger partial charge in [0.15, 0.2) is 0 Å². The van der Waals surface area contributed by atoms with Gasteiger partial charge in [0, 0.05) is 5.92 Å². The summed E-state index contributed by atoms with van der Waals surface area (Å²) in [4.78, 5) is 14.6. The van der Waals surface area contributed by atoms with Crippen LogP contribution < -0.4 is 5.32 Å². The fourth-order valence-electron chi connectivity index (χ4n) is 0.756. The summed E-state index contributed by atoms with van der Waals surface area (Å²) >= 11 is 0. The van der Waals surface area contributed by atoms with Gasteiger partial charge in [-0.3, -0.25) is 10.1 Å². The number of anilines is 1. The second kappa shape index (κ2) is 2.34. The molecule has 1 radical (unpaired) electrons. The van der Waals surface area contributed by atoms with Crippen LogP contribution in [0.25, 0.3) is 0 Å². The van der Waals surface area contributed by atoms with E-state index in [-0.39, 0.29) is 17.8 Å². The molecule has 0 unspecified atom stereocenters. The number of carbonyl (C=O) groups is 1. The Kier molecular flexibility index (Phi) is 1.34. The molecule has 5 nitrogen and oxygen atoms in total. The fourth-order valence-corrected chi connectivity index (χ4v) is 0.756. The third kappa shape index (κ3) is 1.36. The predicted molar refractivity (Wildman–Crippen MR) is 34.5 cm³/mol. The van der Waals surface area contributed by atoms with Gasteiger partial charge in [0.05, 0.1) is 0 Å². The maximum atomic E-state index is 11.0. The predicted octanol–water partition coefficient (Wildman–Crippen LogP) is 0.218. The van der Waals surface area contributed by atoms with E-state index in [9.17, 15) is 4.79 Å². The molecule has 1 amide bonds. The molecule has 0 atom stereocenters. The molecule has 1 saturated carbocycles. The lowest BCUT2D eigenvalue weighted by Gasteiger charge is -1.94. The Morgan fingerprint density at radius 2 is 2.55 bits per heavy atom. The Morgan fingerprint density at radius 1 is 1.73 bits per heavy atom. The molecule has 1 aromatic rings. The molecule has 1 aromatic heterocycles. The van der Waals surface area contributed by atoms with Crippen LogP contribution in [0, 0.1) is 12.3 Å². The standard InChI is InChI=1S/C6H6N3O2/c10-5(4-1-2-4)8-6-7-3-11-9-6/h4H,1-2H2,(H,8,9,10). The summed E-state index contributed by atoms with van der Waals surface area (Å²) in [6, 6.07) is 0. The van der Waals surface area contributed by atoms with Gasteiger partial charge >= 0.3 is 6.39 Å². The highest BCUT2D eigenvalue weighted by Crippen LogP contribution is 2.29. The molecule has 0 aromatic carbocycles. The van der Waals surface area contributed by atoms with Crippen molar-refractivity contribution in [3.8, 4) is 0 Å². The second-order valence-electron chi connectivity index (χ2n) is 2.47. The third-order valence-corrected chi connectivity index (χ3v) is 1.51. The molecule has 1 fully saturated rings. The lowest BCUT2D eigenvalue weighted by Crippen LogP contribution is -2.14. The van der Waals surface area contributed by atoms with Gasteiger partial charge in [0.25, 0.3) is 5.95 Å². The largest absolute Gasteiger partial charge is 0.327 e. The summed E-state index contributed by atoms with van der Waals surface area (Å²) in [6.45, 7) is 0. The quantitative estimate of drug-likeness (QED) is 0.658. The zero-order valence-electron chi connectivity index (χ0n) is 5.70. The van der Waals surface area contributed by atoms with Gasteiger partial charge in [-0.2, -0.15) is 4.98 Å². The van der Waals surface area contributed by atoms with Crippen LogP contribution in [0.4, 0.5) is 5.95 Å². The Morgan fingerprint density at radius 3 is 3.09 bits per heavy atom. The van der Waals surface area contributed by atoms with E-state index in [4.69, 9.17) is 0 Å². The highest BCUT2D eigenvalue weighted by Gasteiger charge is 2.30. The Labute approximate surface area is 62.8 Å². The van der Waals surface area contributed by atoms with Crippen molar-refractivity contribution in [1.82, 2.24) is 10.1 Å². The molecular formula is C6H6N3O2. The van der Waals surface area contributed by atoms with Gasteiger partial charge in [-0.05, 0) is 18.0 Å². The number of rotatable bonds is 2. The van der Waals surface area contributed by atoms with Crippen LogP contribution in [-0.2, 0) is 4.79 Å². The van der Waals surface area contributed by atoms with Crippen LogP contribution in [0.2, 0.25) is 0 Å². The van der Waals surface area contributed by atoms with Crippen molar-refractivity contribution in [2.75, 3.05) is 5.32 Å². The Bertz CT molecular complexity index is 253. The summed E-state index contributed by atoms with van der Waals surface area (Å²) in [7, 11) is 0. The van der Waals surface area contributed by atoms with Crippen molar-refractivity contribution in [3.63, 3.8) is 0 Å². The Hall–Kier alpha value is -1.39. The van der Waals surface area contributed by atoms with Gasteiger partial charge in [-0.25, -0.2) is 0 Å². The number of nitrogens with zero attached hydrogens (tertiary/aromatic N) is 2. The maximum Gasteiger partial charge on any atom is 0.318 e. The Balaban J connectivity index is 1.94. The van der Waals surface area contributed by atoms with Crippen molar-refractivity contribution in [2.24, 2.45) is 5.92 Å². The molecule has 2 rings (SSSR count). The summed E-state index contributed by atoms with van der Waals surface area (Å²) in [5, 5.41) is 5.89. The van der Waals surface area contributed by atoms with Gasteiger partial charge in [0.1, 0.15) is 0 Å². The lowest BCUT2D eigenvalue weighted by molar-refractivity contribution is -0.117. The van der Waals surface area contributed by atoms with Crippen molar-refractivity contribution >= 4 is 11.9 Å². The van der Waals surface area contributed by atoms with Gasteiger partial charge in [-0.1, -0.05) is 0 Å². The first kappa shape index (κ1) is 6.33. The van der Waals surface area contributed by atoms with E-state index in [0.29, 0.717) is 0 Å². The monoisotopic (exact) mass is 152 g/mol. The van der Waals surface area contributed by atoms with Crippen LogP contribution in [-0.4, -0.2) is 16.0 Å². The van der Waals surface area contributed by atoms with Crippen LogP contribution in [0.5, 0.6) is 0 Å². The number of hydrogen-bond acceptors (Lipinski definition) is 4. The summed E-state index contributed by atoms with van der Waals surface area (Å²) in [5.74, 6) is 0.329. The normalized spacial score (nSPS) is 16.4. The molecule has 11 heavy (non-hydrogen) atoms. The smallest absolute Gasteiger partial charge is 0.318 e. The highest BCUT2D eigenvalue weighted by atomic mass is 16.5. The van der Waals surface area contributed by atoms with E-state index in [1.165, 1.54) is 0 Å². The minimum absolute atomic E-state index is 0.0280. The zero-order chi connectivity index (χ0) is 7.68. The molecule has 1 aliphatic rings. The van der Waals surface area contributed by atoms with Crippen molar-refractivity contribution < 1.29 is 9.32 Å². The topological polar surface area (TPSA) is 68.0 Å². The molecule has 57 valence electrons. The molecule has 5 heteroatoms. The molecule has 1 heterocycles. The average molecular weight is 152 g/mol. The van der Waals surface area contributed by atoms with Crippen molar-refractivity contribution in [3.05, 3.63) is 6.39 Å². The average Bonchev–Trinajstić information content (AvgIpc) is 2.73. The number of amides is 1. The lowest BCUT2D eigenvalue weighted by atomic mass is 10.4. The van der Waals surface area contributed by atoms with Crippen LogP contribution >= 0.6 is 0 Å². The first-order valence-corrected chi connectivity index (χ1v) is 3.37. The van der Waals surface area contributed by atoms with E-state index < -0.39 is 0 Å². The van der Waals surface area contributed by atoms with E-state index in [1.807, 2.05) is 0 Å². The summed E-state index contributed by atoms with van der Waals surface area (Å²) < 4.78 is 4.31. The summed E-state index contributed by atoms with van der Waals surface area (Å²) in [5.41, 5.74) is 0. The van der Waals surface area contributed by atoms with Crippen molar-refractivity contribution in [2.45, 2.75) is 12.8 Å². The SMILES string of the molecule is O=C(Nc1n[c]on1)C1CC1. The van der Waals surface area contributed by atoms with E-state index in [1.54, 1.807) is 0 Å². The van der Waals surface area contributed by atoms with Crippen LogP contribution in [0.1, 0.15) is 12.8 Å². The van der Waals surface area contributed by atoms with E-state index >= 15 is 0 Å². The minimum Gasteiger partial charge on any atom is -0.327 e. The summed E-state index contributed by atoms with van der Waals surface area (Å²) in [6.07, 6.45) is 4.07. The molecule has 0 bridgehead atoms. The first-order chi connectivity index (χ1) is 5.36. The van der Waals surface area contributed by atoms with E-state index in [0.717, 1.165) is 12.8 Å². The maximum absolute atomic E-state index is 11.0. The highest BCUT2D eigenvalue weighted by molar-refractivity contribution is 5.92. The van der Waals surface area contributed by atoms with Gasteiger partial charge in [0.2, 0.25) is 5.91 Å². The van der Waals surface area contributed by atoms with E-state index in [2.05, 4.69) is 26.4 Å².